The van der Waals surface area contributed by atoms with Crippen LogP contribution < -0.4 is 10.6 Å². The van der Waals surface area contributed by atoms with E-state index in [0.29, 0.717) is 0 Å². The van der Waals surface area contributed by atoms with Crippen molar-refractivity contribution in [2.45, 2.75) is 118 Å². The summed E-state index contributed by atoms with van der Waals surface area (Å²) in [6, 6.07) is -2.54. The molecule has 0 aromatic heterocycles. The van der Waals surface area contributed by atoms with Gasteiger partial charge in [-0.25, -0.2) is 4.79 Å². The van der Waals surface area contributed by atoms with Gasteiger partial charge in [0.05, 0.1) is 25.9 Å². The highest BCUT2D eigenvalue weighted by molar-refractivity contribution is 5.76. The second-order valence-corrected chi connectivity index (χ2v) is 11.1. The molecule has 2 amide bonds. The highest BCUT2D eigenvalue weighted by Gasteiger charge is 2.58. The van der Waals surface area contributed by atoms with Gasteiger partial charge in [0.1, 0.15) is 67.1 Å². The van der Waals surface area contributed by atoms with Crippen LogP contribution in [-0.4, -0.2) is 180 Å². The minimum atomic E-state index is -2.76. The summed E-state index contributed by atoms with van der Waals surface area (Å²) >= 11 is 0. The van der Waals surface area contributed by atoms with Crippen molar-refractivity contribution in [2.75, 3.05) is 19.8 Å². The maximum atomic E-state index is 12.6. The number of carboxylic acids is 1. The monoisotopic (exact) mass is 658 g/mol. The molecule has 8 unspecified atom stereocenters. The normalized spacial score (nSPS) is 41.9. The molecule has 3 aliphatic heterocycles. The summed E-state index contributed by atoms with van der Waals surface area (Å²) in [5.41, 5.74) is 0. The van der Waals surface area contributed by atoms with E-state index in [0.717, 1.165) is 13.8 Å². The van der Waals surface area contributed by atoms with Gasteiger partial charge in [-0.1, -0.05) is 0 Å². The molecule has 0 aromatic carbocycles. The topological polar surface area (TPSA) is 324 Å². The molecular weight excluding hydrogens is 616 g/mol. The first kappa shape index (κ1) is 37.3. The van der Waals surface area contributed by atoms with Crippen molar-refractivity contribution in [2.24, 2.45) is 0 Å². The van der Waals surface area contributed by atoms with E-state index in [1.165, 1.54) is 0 Å². The first-order chi connectivity index (χ1) is 21.1. The predicted molar refractivity (Wildman–Crippen MR) is 140 cm³/mol. The van der Waals surface area contributed by atoms with E-state index in [2.05, 4.69) is 10.6 Å². The van der Waals surface area contributed by atoms with E-state index in [1.807, 2.05) is 0 Å². The van der Waals surface area contributed by atoms with E-state index >= 15 is 0 Å². The number of ether oxygens (including phenoxy) is 5. The smallest absolute Gasteiger partial charge is 0.364 e. The molecule has 3 aliphatic rings. The van der Waals surface area contributed by atoms with Crippen molar-refractivity contribution in [1.29, 1.82) is 0 Å². The third kappa shape index (κ3) is 8.23. The molecule has 45 heavy (non-hydrogen) atoms. The molecule has 0 aliphatic carbocycles. The number of rotatable bonds is 12. The highest BCUT2D eigenvalue weighted by atomic mass is 16.8. The van der Waals surface area contributed by atoms with Crippen LogP contribution in [0.1, 0.15) is 26.7 Å². The first-order valence-electron chi connectivity index (χ1n) is 14.1. The fourth-order valence-electron chi connectivity index (χ4n) is 5.54. The average molecular weight is 659 g/mol. The van der Waals surface area contributed by atoms with Gasteiger partial charge in [0.15, 0.2) is 12.6 Å². The summed E-state index contributed by atoms with van der Waals surface area (Å²) < 4.78 is 27.6. The number of aliphatic hydroxyl groups excluding tert-OH is 9. The van der Waals surface area contributed by atoms with Crippen molar-refractivity contribution < 1.29 is 89.1 Å². The Morgan fingerprint density at radius 3 is 2.04 bits per heavy atom. The van der Waals surface area contributed by atoms with E-state index < -0.39 is 136 Å². The zero-order valence-electron chi connectivity index (χ0n) is 24.4. The Morgan fingerprint density at radius 2 is 1.51 bits per heavy atom. The number of hydrogen-bond donors (Lipinski definition) is 12. The van der Waals surface area contributed by atoms with Crippen molar-refractivity contribution in [3.8, 4) is 0 Å². The third-order valence-electron chi connectivity index (χ3n) is 7.82. The zero-order valence-corrected chi connectivity index (χ0v) is 24.4. The van der Waals surface area contributed by atoms with Crippen LogP contribution in [-0.2, 0) is 38.1 Å². The van der Waals surface area contributed by atoms with Crippen LogP contribution in [0.5, 0.6) is 0 Å². The molecule has 0 saturated carbocycles. The largest absolute Gasteiger partial charge is 0.477 e. The predicted octanol–water partition coefficient (Wildman–Crippen LogP) is -7.05. The van der Waals surface area contributed by atoms with Gasteiger partial charge in [-0.2, -0.15) is 0 Å². The number of hydrogen-bond acceptors (Lipinski definition) is 17. The maximum absolute atomic E-state index is 12.6. The number of carboxylic acid groups (broad SMARTS) is 1. The van der Waals surface area contributed by atoms with Crippen molar-refractivity contribution in [3.63, 3.8) is 0 Å². The average Bonchev–Trinajstić information content (AvgIpc) is 2.99. The molecule has 0 bridgehead atoms. The maximum Gasteiger partial charge on any atom is 0.364 e. The van der Waals surface area contributed by atoms with Crippen LogP contribution in [0.2, 0.25) is 0 Å². The molecule has 0 aromatic rings. The Labute approximate surface area is 256 Å². The molecule has 3 rings (SSSR count). The Kier molecular flexibility index (Phi) is 13.0. The minimum absolute atomic E-state index is 0.235. The molecule has 0 radical (unpaired) electrons. The minimum Gasteiger partial charge on any atom is -0.477 e. The fourth-order valence-corrected chi connectivity index (χ4v) is 5.54. The first-order valence-corrected chi connectivity index (χ1v) is 14.1. The molecule has 260 valence electrons. The molecule has 3 fully saturated rings. The van der Waals surface area contributed by atoms with Crippen LogP contribution in [0.15, 0.2) is 0 Å². The van der Waals surface area contributed by atoms with Gasteiger partial charge in [0.2, 0.25) is 11.8 Å². The highest BCUT2D eigenvalue weighted by Crippen LogP contribution is 2.38. The molecule has 0 spiro atoms. The number of aliphatic carboxylic acids is 1. The SMILES string of the molecule is CC(=O)NC1CC[C@](OC2C(O)[C@H](O[C@@H]3C(CO)O[C@@H](O)C(NC(C)=O)C3O)OC(CO)[C@@H]2O)(C(=O)O)OC1[C@H](O)[C@H](O)CO. The summed E-state index contributed by atoms with van der Waals surface area (Å²) in [5.74, 6) is -5.83. The number of nitrogens with one attached hydrogen (secondary N) is 2. The summed E-state index contributed by atoms with van der Waals surface area (Å²) in [4.78, 5) is 35.9. The van der Waals surface area contributed by atoms with Gasteiger partial charge in [0.25, 0.3) is 5.79 Å². The standard InChI is InChI=1S/C25H42N2O18/c1-8(31)26-10-3-4-25(24(39)40,44-19(10)15(34)11(33)5-28)45-21-16(35)12(6-29)42-23(18(21)37)43-20-13(7-30)41-22(38)14(17(20)36)27-9(2)32/h10-23,28-30,33-38H,3-7H2,1-2H3,(H,26,31)(H,27,32)(H,39,40)/t10?,11-,12?,13?,14?,15-,16+,17?,18?,19?,20-,21?,22-,23+,25+/m1/s1. The summed E-state index contributed by atoms with van der Waals surface area (Å²) in [6.07, 6.45) is -22.5. The molecule has 20 nitrogen and oxygen atoms in total. The van der Waals surface area contributed by atoms with E-state index in [1.54, 1.807) is 0 Å². The Bertz CT molecular complexity index is 1020. The van der Waals surface area contributed by atoms with Crippen LogP contribution in [0.3, 0.4) is 0 Å². The van der Waals surface area contributed by atoms with Crippen molar-refractivity contribution in [1.82, 2.24) is 10.6 Å². The quantitative estimate of drug-likeness (QED) is 0.0926. The fraction of sp³-hybridized carbons (Fsp3) is 0.880. The van der Waals surface area contributed by atoms with Crippen molar-refractivity contribution in [3.05, 3.63) is 0 Å². The van der Waals surface area contributed by atoms with E-state index in [-0.39, 0.29) is 6.42 Å². The lowest BCUT2D eigenvalue weighted by Gasteiger charge is -2.50. The van der Waals surface area contributed by atoms with Gasteiger partial charge in [0, 0.05) is 20.3 Å². The lowest BCUT2D eigenvalue weighted by Crippen LogP contribution is -2.69. The lowest BCUT2D eigenvalue weighted by atomic mass is 9.90. The van der Waals surface area contributed by atoms with Gasteiger partial charge >= 0.3 is 5.97 Å². The number of carbonyl (C=O) groups excluding carboxylic acids is 2. The number of amides is 2. The molecule has 15 atom stereocenters. The Morgan fingerprint density at radius 1 is 0.889 bits per heavy atom. The number of aliphatic hydroxyl groups is 9. The van der Waals surface area contributed by atoms with Crippen LogP contribution in [0.25, 0.3) is 0 Å². The molecule has 3 heterocycles. The van der Waals surface area contributed by atoms with Gasteiger partial charge < -0.3 is 85.4 Å². The second-order valence-electron chi connectivity index (χ2n) is 11.1. The van der Waals surface area contributed by atoms with Crippen LogP contribution >= 0.6 is 0 Å². The zero-order chi connectivity index (χ0) is 33.8. The number of carbonyl (C=O) groups is 3. The summed E-state index contributed by atoms with van der Waals surface area (Å²) in [6.45, 7) is -0.498. The van der Waals surface area contributed by atoms with E-state index in [9.17, 15) is 65.4 Å². The molecule has 3 saturated heterocycles. The Balaban J connectivity index is 1.92. The lowest BCUT2D eigenvalue weighted by molar-refractivity contribution is -0.378. The van der Waals surface area contributed by atoms with Gasteiger partial charge in [-0.15, -0.1) is 0 Å². The van der Waals surface area contributed by atoms with Gasteiger partial charge in [-0.3, -0.25) is 9.59 Å². The molecule has 20 heteroatoms. The molecular formula is C25H42N2O18. The van der Waals surface area contributed by atoms with Crippen molar-refractivity contribution >= 4 is 17.8 Å². The Hall–Kier alpha value is -2.15. The molecule has 12 N–H and O–H groups in total. The van der Waals surface area contributed by atoms with Crippen LogP contribution in [0, 0.1) is 0 Å². The summed E-state index contributed by atoms with van der Waals surface area (Å²) in [7, 11) is 0. The summed E-state index contributed by atoms with van der Waals surface area (Å²) in [5, 5.41) is 108. The van der Waals surface area contributed by atoms with E-state index in [4.69, 9.17) is 23.7 Å². The van der Waals surface area contributed by atoms with Gasteiger partial charge in [-0.05, 0) is 6.42 Å². The second kappa shape index (κ2) is 15.6. The van der Waals surface area contributed by atoms with Crippen LogP contribution in [0.4, 0.5) is 0 Å². The third-order valence-corrected chi connectivity index (χ3v) is 7.82.